The Hall–Kier alpha value is -2.32. The molecule has 0 radical (unpaired) electrons. The SMILES string of the molecule is COCC1(C(=O)O)CCN(C(=O)c2csc(Cc3ccccc3F)n2)C1. The molecule has 6 nitrogen and oxygen atoms in total. The van der Waals surface area contributed by atoms with Crippen molar-refractivity contribution in [1.82, 2.24) is 9.88 Å². The number of nitrogens with zero attached hydrogens (tertiary/aromatic N) is 2. The number of ether oxygens (including phenoxy) is 1. The number of rotatable bonds is 6. The summed E-state index contributed by atoms with van der Waals surface area (Å²) < 4.78 is 18.8. The average molecular weight is 378 g/mol. The van der Waals surface area contributed by atoms with Crippen LogP contribution in [0, 0.1) is 11.2 Å². The topological polar surface area (TPSA) is 79.7 Å². The van der Waals surface area contributed by atoms with Gasteiger partial charge < -0.3 is 14.7 Å². The lowest BCUT2D eigenvalue weighted by molar-refractivity contribution is -0.151. The number of aromatic nitrogens is 1. The molecule has 1 aromatic carbocycles. The maximum atomic E-state index is 13.8. The van der Waals surface area contributed by atoms with E-state index >= 15 is 0 Å². The second-order valence-corrected chi connectivity index (χ2v) is 7.33. The molecule has 1 aliphatic rings. The van der Waals surface area contributed by atoms with Crippen molar-refractivity contribution in [3.05, 3.63) is 51.7 Å². The molecule has 2 heterocycles. The van der Waals surface area contributed by atoms with E-state index in [9.17, 15) is 19.1 Å². The first-order valence-corrected chi connectivity index (χ1v) is 9.02. The van der Waals surface area contributed by atoms with E-state index < -0.39 is 11.4 Å². The number of hydrogen-bond donors (Lipinski definition) is 1. The highest BCUT2D eigenvalue weighted by Gasteiger charge is 2.46. The van der Waals surface area contributed by atoms with Gasteiger partial charge in [0.15, 0.2) is 0 Å². The van der Waals surface area contributed by atoms with Gasteiger partial charge in [-0.15, -0.1) is 11.3 Å². The zero-order valence-corrected chi connectivity index (χ0v) is 15.1. The quantitative estimate of drug-likeness (QED) is 0.835. The summed E-state index contributed by atoms with van der Waals surface area (Å²) in [6, 6.07) is 6.45. The zero-order chi connectivity index (χ0) is 18.7. The third-order valence-corrected chi connectivity index (χ3v) is 5.43. The Kier molecular flexibility index (Phi) is 5.33. The molecule has 138 valence electrons. The van der Waals surface area contributed by atoms with Gasteiger partial charge in [-0.25, -0.2) is 9.37 Å². The Morgan fingerprint density at radius 3 is 2.88 bits per heavy atom. The van der Waals surface area contributed by atoms with E-state index in [-0.39, 0.29) is 30.6 Å². The standard InChI is InChI=1S/C18H19FN2O4S/c1-25-11-18(17(23)24)6-7-21(10-18)16(22)14-9-26-15(20-14)8-12-4-2-3-5-13(12)19/h2-5,9H,6-8,10-11H2,1H3,(H,23,24). The van der Waals surface area contributed by atoms with E-state index in [1.807, 2.05) is 0 Å². The van der Waals surface area contributed by atoms with Crippen molar-refractivity contribution in [3.8, 4) is 0 Å². The summed E-state index contributed by atoms with van der Waals surface area (Å²) in [6.07, 6.45) is 0.654. The second kappa shape index (κ2) is 7.51. The van der Waals surface area contributed by atoms with Gasteiger partial charge in [0, 0.05) is 32.0 Å². The lowest BCUT2D eigenvalue weighted by Crippen LogP contribution is -2.40. The van der Waals surface area contributed by atoms with Crippen LogP contribution in [-0.2, 0) is 16.0 Å². The molecule has 0 saturated carbocycles. The van der Waals surface area contributed by atoms with Gasteiger partial charge in [0.1, 0.15) is 16.9 Å². The predicted molar refractivity (Wildman–Crippen MR) is 93.8 cm³/mol. The minimum absolute atomic E-state index is 0.0573. The number of carboxylic acids is 1. The summed E-state index contributed by atoms with van der Waals surface area (Å²) in [4.78, 5) is 30.1. The maximum Gasteiger partial charge on any atom is 0.313 e. The lowest BCUT2D eigenvalue weighted by Gasteiger charge is -2.23. The van der Waals surface area contributed by atoms with Gasteiger partial charge in [0.2, 0.25) is 0 Å². The molecule has 8 heteroatoms. The summed E-state index contributed by atoms with van der Waals surface area (Å²) in [6.45, 7) is 0.492. The third kappa shape index (κ3) is 3.61. The smallest absolute Gasteiger partial charge is 0.313 e. The molecule has 1 aliphatic heterocycles. The van der Waals surface area contributed by atoms with E-state index in [4.69, 9.17) is 4.74 Å². The summed E-state index contributed by atoms with van der Waals surface area (Å²) in [5.41, 5.74) is -0.289. The van der Waals surface area contributed by atoms with Crippen LogP contribution in [0.1, 0.15) is 27.5 Å². The Morgan fingerprint density at radius 1 is 1.42 bits per heavy atom. The number of methoxy groups -OCH3 is 1. The molecule has 1 amide bonds. The number of hydrogen-bond acceptors (Lipinski definition) is 5. The molecule has 0 aliphatic carbocycles. The van der Waals surface area contributed by atoms with Crippen LogP contribution >= 0.6 is 11.3 Å². The van der Waals surface area contributed by atoms with Crippen molar-refractivity contribution in [2.75, 3.05) is 26.8 Å². The Balaban J connectivity index is 1.71. The van der Waals surface area contributed by atoms with Crippen molar-refractivity contribution < 1.29 is 23.8 Å². The van der Waals surface area contributed by atoms with Crippen molar-refractivity contribution in [3.63, 3.8) is 0 Å². The Labute approximate surface area is 154 Å². The zero-order valence-electron chi connectivity index (χ0n) is 14.3. The van der Waals surface area contributed by atoms with E-state index in [2.05, 4.69) is 4.98 Å². The molecule has 2 aromatic rings. The average Bonchev–Trinajstić information content (AvgIpc) is 3.25. The molecule has 1 fully saturated rings. The van der Waals surface area contributed by atoms with E-state index in [0.717, 1.165) is 0 Å². The Bertz CT molecular complexity index is 825. The van der Waals surface area contributed by atoms with Crippen LogP contribution in [0.5, 0.6) is 0 Å². The molecular weight excluding hydrogens is 359 g/mol. The first-order chi connectivity index (χ1) is 12.4. The summed E-state index contributed by atoms with van der Waals surface area (Å²) in [5.74, 6) is -1.57. The fourth-order valence-electron chi connectivity index (χ4n) is 3.13. The van der Waals surface area contributed by atoms with Gasteiger partial charge >= 0.3 is 5.97 Å². The molecule has 26 heavy (non-hydrogen) atoms. The van der Waals surface area contributed by atoms with Gasteiger partial charge in [0.05, 0.1) is 11.6 Å². The first-order valence-electron chi connectivity index (χ1n) is 8.14. The number of carbonyl (C=O) groups is 2. The van der Waals surface area contributed by atoms with Gasteiger partial charge in [-0.1, -0.05) is 18.2 Å². The predicted octanol–water partition coefficient (Wildman–Crippen LogP) is 2.44. The van der Waals surface area contributed by atoms with Crippen molar-refractivity contribution >= 4 is 23.2 Å². The molecule has 1 aromatic heterocycles. The number of amides is 1. The largest absolute Gasteiger partial charge is 0.481 e. The van der Waals surface area contributed by atoms with E-state index in [1.54, 1.807) is 23.6 Å². The van der Waals surface area contributed by atoms with Crippen LogP contribution in [-0.4, -0.2) is 53.7 Å². The van der Waals surface area contributed by atoms with E-state index in [0.29, 0.717) is 30.0 Å². The molecule has 1 atom stereocenters. The molecule has 1 unspecified atom stereocenters. The highest BCUT2D eigenvalue weighted by Crippen LogP contribution is 2.32. The van der Waals surface area contributed by atoms with Crippen molar-refractivity contribution in [2.24, 2.45) is 5.41 Å². The monoisotopic (exact) mass is 378 g/mol. The van der Waals surface area contributed by atoms with E-state index in [1.165, 1.54) is 29.4 Å². The van der Waals surface area contributed by atoms with Gasteiger partial charge in [-0.3, -0.25) is 9.59 Å². The van der Waals surface area contributed by atoms with Gasteiger partial charge in [-0.05, 0) is 18.1 Å². The second-order valence-electron chi connectivity index (χ2n) is 6.39. The molecule has 0 spiro atoms. The van der Waals surface area contributed by atoms with Crippen LogP contribution in [0.3, 0.4) is 0 Å². The molecule has 1 saturated heterocycles. The van der Waals surface area contributed by atoms with Crippen LogP contribution in [0.15, 0.2) is 29.6 Å². The van der Waals surface area contributed by atoms with Crippen molar-refractivity contribution in [2.45, 2.75) is 12.8 Å². The maximum absolute atomic E-state index is 13.8. The van der Waals surface area contributed by atoms with Crippen LogP contribution in [0.2, 0.25) is 0 Å². The van der Waals surface area contributed by atoms with Crippen LogP contribution in [0.25, 0.3) is 0 Å². The number of thiazole rings is 1. The lowest BCUT2D eigenvalue weighted by atomic mass is 9.88. The Morgan fingerprint density at radius 2 is 2.19 bits per heavy atom. The minimum Gasteiger partial charge on any atom is -0.481 e. The molecule has 0 bridgehead atoms. The fourth-order valence-corrected chi connectivity index (χ4v) is 3.92. The van der Waals surface area contributed by atoms with Gasteiger partial charge in [0.25, 0.3) is 5.91 Å². The molecule has 3 rings (SSSR count). The first kappa shape index (κ1) is 18.5. The van der Waals surface area contributed by atoms with Crippen molar-refractivity contribution in [1.29, 1.82) is 0 Å². The highest BCUT2D eigenvalue weighted by molar-refractivity contribution is 7.09. The number of benzene rings is 1. The van der Waals surface area contributed by atoms with Crippen LogP contribution in [0.4, 0.5) is 4.39 Å². The normalized spacial score (nSPS) is 19.7. The summed E-state index contributed by atoms with van der Waals surface area (Å²) in [5, 5.41) is 11.8. The minimum atomic E-state index is -1.07. The number of carboxylic acid groups (broad SMARTS) is 1. The highest BCUT2D eigenvalue weighted by atomic mass is 32.1. The molecule has 1 N–H and O–H groups in total. The van der Waals surface area contributed by atoms with Gasteiger partial charge in [-0.2, -0.15) is 0 Å². The third-order valence-electron chi connectivity index (χ3n) is 4.59. The number of aliphatic carboxylic acids is 1. The molecular formula is C18H19FN2O4S. The number of carbonyl (C=O) groups excluding carboxylic acids is 1. The fraction of sp³-hybridized carbons (Fsp3) is 0.389. The summed E-state index contributed by atoms with van der Waals surface area (Å²) >= 11 is 1.29. The summed E-state index contributed by atoms with van der Waals surface area (Å²) in [7, 11) is 1.45. The van der Waals surface area contributed by atoms with Crippen LogP contribution < -0.4 is 0 Å². The number of halogens is 1. The number of likely N-dealkylation sites (tertiary alicyclic amines) is 1.